The van der Waals surface area contributed by atoms with Crippen LogP contribution in [0.1, 0.15) is 91.9 Å². The van der Waals surface area contributed by atoms with Gasteiger partial charge in [-0.2, -0.15) is 0 Å². The highest BCUT2D eigenvalue weighted by Gasteiger charge is 2.11. The molecule has 0 bridgehead atoms. The van der Waals surface area contributed by atoms with Crippen LogP contribution in [0.5, 0.6) is 0 Å². The molecule has 0 aromatic carbocycles. The van der Waals surface area contributed by atoms with E-state index in [2.05, 4.69) is 20.8 Å². The lowest BCUT2D eigenvalue weighted by atomic mass is 10.0. The molecule has 0 fully saturated rings. The quantitative estimate of drug-likeness (QED) is 0.331. The Labute approximate surface area is 142 Å². The van der Waals surface area contributed by atoms with Crippen molar-refractivity contribution in [1.82, 2.24) is 0 Å². The topological polar surface area (TPSA) is 52.6 Å². The number of hydrogen-bond acceptors (Lipinski definition) is 4. The van der Waals surface area contributed by atoms with Crippen LogP contribution in [0.4, 0.5) is 0 Å². The molecule has 23 heavy (non-hydrogen) atoms. The standard InChI is InChI=1S/C19H36O4/c1-5-6-7-8-15-22-18(20)13-10-14-19(21)23-17(4)12-9-11-16(2)3/h16-17H,5-15H2,1-4H3. The van der Waals surface area contributed by atoms with Gasteiger partial charge in [0.25, 0.3) is 0 Å². The molecule has 0 aliphatic rings. The first-order chi connectivity index (χ1) is 11.0. The Kier molecular flexibility index (Phi) is 13.9. The summed E-state index contributed by atoms with van der Waals surface area (Å²) in [5.41, 5.74) is 0. The Bertz CT molecular complexity index is 312. The molecule has 0 saturated heterocycles. The Balaban J connectivity index is 3.55. The maximum Gasteiger partial charge on any atom is 0.306 e. The maximum absolute atomic E-state index is 11.7. The van der Waals surface area contributed by atoms with Crippen LogP contribution in [0.15, 0.2) is 0 Å². The van der Waals surface area contributed by atoms with E-state index in [0.29, 0.717) is 31.8 Å². The van der Waals surface area contributed by atoms with Crippen LogP contribution in [0.3, 0.4) is 0 Å². The summed E-state index contributed by atoms with van der Waals surface area (Å²) in [6.45, 7) is 8.97. The van der Waals surface area contributed by atoms with Crippen molar-refractivity contribution in [2.45, 2.75) is 98.0 Å². The lowest BCUT2D eigenvalue weighted by Crippen LogP contribution is -2.15. The molecule has 0 aliphatic heterocycles. The zero-order valence-corrected chi connectivity index (χ0v) is 15.6. The average Bonchev–Trinajstić information content (AvgIpc) is 2.46. The molecular weight excluding hydrogens is 292 g/mol. The van der Waals surface area contributed by atoms with E-state index in [1.165, 1.54) is 12.8 Å². The number of unbranched alkanes of at least 4 members (excludes halogenated alkanes) is 3. The van der Waals surface area contributed by atoms with Crippen molar-refractivity contribution in [3.63, 3.8) is 0 Å². The number of hydrogen-bond donors (Lipinski definition) is 0. The number of carbonyl (C=O) groups is 2. The SMILES string of the molecule is CCCCCCOC(=O)CCCC(=O)OC(C)CCCC(C)C. The monoisotopic (exact) mass is 328 g/mol. The van der Waals surface area contributed by atoms with E-state index < -0.39 is 0 Å². The summed E-state index contributed by atoms with van der Waals surface area (Å²) in [7, 11) is 0. The number of esters is 2. The smallest absolute Gasteiger partial charge is 0.306 e. The summed E-state index contributed by atoms with van der Waals surface area (Å²) >= 11 is 0. The third kappa shape index (κ3) is 15.6. The van der Waals surface area contributed by atoms with E-state index in [1.807, 2.05) is 6.92 Å². The van der Waals surface area contributed by atoms with E-state index in [9.17, 15) is 9.59 Å². The predicted octanol–water partition coefficient (Wildman–Crippen LogP) is 5.04. The molecule has 0 aromatic rings. The van der Waals surface area contributed by atoms with Gasteiger partial charge in [0.2, 0.25) is 0 Å². The number of rotatable bonds is 14. The van der Waals surface area contributed by atoms with Gasteiger partial charge in [-0.15, -0.1) is 0 Å². The van der Waals surface area contributed by atoms with Crippen molar-refractivity contribution in [3.8, 4) is 0 Å². The van der Waals surface area contributed by atoms with Gasteiger partial charge in [-0.25, -0.2) is 0 Å². The van der Waals surface area contributed by atoms with Crippen molar-refractivity contribution in [3.05, 3.63) is 0 Å². The Morgan fingerprint density at radius 3 is 2.17 bits per heavy atom. The molecule has 0 saturated carbocycles. The molecule has 136 valence electrons. The fourth-order valence-corrected chi connectivity index (χ4v) is 2.32. The summed E-state index contributed by atoms with van der Waals surface area (Å²) in [6, 6.07) is 0. The minimum Gasteiger partial charge on any atom is -0.466 e. The lowest BCUT2D eigenvalue weighted by Gasteiger charge is -2.13. The molecule has 1 unspecified atom stereocenters. The van der Waals surface area contributed by atoms with Crippen LogP contribution in [-0.4, -0.2) is 24.6 Å². The third-order valence-corrected chi connectivity index (χ3v) is 3.75. The summed E-state index contributed by atoms with van der Waals surface area (Å²) in [5.74, 6) is 0.267. The fraction of sp³-hybridized carbons (Fsp3) is 0.895. The molecule has 0 amide bonds. The predicted molar refractivity (Wildman–Crippen MR) is 93.2 cm³/mol. The van der Waals surface area contributed by atoms with Crippen LogP contribution >= 0.6 is 0 Å². The molecule has 0 heterocycles. The molecule has 4 nitrogen and oxygen atoms in total. The van der Waals surface area contributed by atoms with Crippen molar-refractivity contribution in [2.24, 2.45) is 5.92 Å². The first-order valence-electron chi connectivity index (χ1n) is 9.30. The number of carbonyl (C=O) groups excluding carboxylic acids is 2. The van der Waals surface area contributed by atoms with Crippen molar-refractivity contribution in [1.29, 1.82) is 0 Å². The van der Waals surface area contributed by atoms with Gasteiger partial charge in [-0.3, -0.25) is 9.59 Å². The van der Waals surface area contributed by atoms with Gasteiger partial charge in [-0.05, 0) is 38.5 Å². The highest BCUT2D eigenvalue weighted by atomic mass is 16.5. The van der Waals surface area contributed by atoms with Crippen molar-refractivity contribution < 1.29 is 19.1 Å². The van der Waals surface area contributed by atoms with E-state index in [-0.39, 0.29) is 18.0 Å². The van der Waals surface area contributed by atoms with Crippen LogP contribution < -0.4 is 0 Å². The second-order valence-corrected chi connectivity index (χ2v) is 6.76. The minimum atomic E-state index is -0.210. The minimum absolute atomic E-state index is 0.0354. The highest BCUT2D eigenvalue weighted by Crippen LogP contribution is 2.11. The van der Waals surface area contributed by atoms with Gasteiger partial charge in [0.1, 0.15) is 0 Å². The van der Waals surface area contributed by atoms with Gasteiger partial charge >= 0.3 is 11.9 Å². The molecule has 1 atom stereocenters. The third-order valence-electron chi connectivity index (χ3n) is 3.75. The summed E-state index contributed by atoms with van der Waals surface area (Å²) in [5, 5.41) is 0. The molecule has 0 spiro atoms. The van der Waals surface area contributed by atoms with Crippen LogP contribution in [0.25, 0.3) is 0 Å². The van der Waals surface area contributed by atoms with Gasteiger partial charge < -0.3 is 9.47 Å². The van der Waals surface area contributed by atoms with Crippen LogP contribution in [-0.2, 0) is 19.1 Å². The molecular formula is C19H36O4. The first kappa shape index (κ1) is 21.9. The molecule has 0 rings (SSSR count). The summed E-state index contributed by atoms with van der Waals surface area (Å²) in [4.78, 5) is 23.2. The van der Waals surface area contributed by atoms with Crippen molar-refractivity contribution >= 4 is 11.9 Å². The second kappa shape index (κ2) is 14.5. The fourth-order valence-electron chi connectivity index (χ4n) is 2.32. The van der Waals surface area contributed by atoms with Gasteiger partial charge in [-0.1, -0.05) is 46.5 Å². The van der Waals surface area contributed by atoms with Crippen molar-refractivity contribution in [2.75, 3.05) is 6.61 Å². The summed E-state index contributed by atoms with van der Waals surface area (Å²) < 4.78 is 10.5. The molecule has 4 heteroatoms. The highest BCUT2D eigenvalue weighted by molar-refractivity contribution is 5.72. The second-order valence-electron chi connectivity index (χ2n) is 6.76. The molecule has 0 N–H and O–H groups in total. The zero-order chi connectivity index (χ0) is 17.5. The maximum atomic E-state index is 11.7. The van der Waals surface area contributed by atoms with E-state index in [4.69, 9.17) is 9.47 Å². The molecule has 0 aromatic heterocycles. The average molecular weight is 328 g/mol. The Morgan fingerprint density at radius 2 is 1.52 bits per heavy atom. The van der Waals surface area contributed by atoms with Gasteiger partial charge in [0.05, 0.1) is 12.7 Å². The van der Waals surface area contributed by atoms with E-state index >= 15 is 0 Å². The number of ether oxygens (including phenoxy) is 2. The van der Waals surface area contributed by atoms with Gasteiger partial charge in [0.15, 0.2) is 0 Å². The largest absolute Gasteiger partial charge is 0.466 e. The van der Waals surface area contributed by atoms with Gasteiger partial charge in [0, 0.05) is 12.8 Å². The molecule has 0 radical (unpaired) electrons. The van der Waals surface area contributed by atoms with Crippen LogP contribution in [0, 0.1) is 5.92 Å². The Morgan fingerprint density at radius 1 is 0.826 bits per heavy atom. The van der Waals surface area contributed by atoms with Crippen LogP contribution in [0.2, 0.25) is 0 Å². The molecule has 0 aliphatic carbocycles. The Hall–Kier alpha value is -1.06. The summed E-state index contributed by atoms with van der Waals surface area (Å²) in [6.07, 6.45) is 8.58. The lowest BCUT2D eigenvalue weighted by molar-refractivity contribution is -0.149. The normalized spacial score (nSPS) is 12.2. The first-order valence-corrected chi connectivity index (χ1v) is 9.30. The van der Waals surface area contributed by atoms with E-state index in [1.54, 1.807) is 0 Å². The van der Waals surface area contributed by atoms with E-state index in [0.717, 1.165) is 32.1 Å². The zero-order valence-electron chi connectivity index (χ0n) is 15.6.